The molecule has 0 saturated carbocycles. The number of benzene rings is 2. The normalized spacial score (nSPS) is 14.9. The van der Waals surface area contributed by atoms with Gasteiger partial charge in [-0.2, -0.15) is 8.78 Å². The molecule has 0 aliphatic carbocycles. The number of amides is 1. The van der Waals surface area contributed by atoms with E-state index < -0.39 is 6.61 Å². The largest absolute Gasteiger partial charge is 0.435 e. The van der Waals surface area contributed by atoms with Crippen LogP contribution in [0.2, 0.25) is 10.0 Å². The molecule has 1 atom stereocenters. The number of carbonyl (C=O) groups is 1. The molecule has 7 heteroatoms. The number of hydrogen-bond acceptors (Lipinski definition) is 2. The Balaban J connectivity index is 1.89. The van der Waals surface area contributed by atoms with E-state index in [1.807, 2.05) is 19.1 Å². The molecule has 1 heterocycles. The predicted molar refractivity (Wildman–Crippen MR) is 87.8 cm³/mol. The van der Waals surface area contributed by atoms with E-state index in [4.69, 9.17) is 23.2 Å². The minimum absolute atomic E-state index is 0.0532. The number of rotatable bonds is 4. The monoisotopic (exact) mass is 371 g/mol. The number of alkyl halides is 2. The summed E-state index contributed by atoms with van der Waals surface area (Å²) in [7, 11) is 0. The van der Waals surface area contributed by atoms with Gasteiger partial charge >= 0.3 is 6.61 Å². The fraction of sp³-hybridized carbons (Fsp3) is 0.235. The molecule has 1 aliphatic rings. The topological polar surface area (TPSA) is 29.5 Å². The number of halogens is 4. The van der Waals surface area contributed by atoms with Crippen molar-refractivity contribution in [2.24, 2.45) is 0 Å². The first-order chi connectivity index (χ1) is 11.4. The van der Waals surface area contributed by atoms with Crippen LogP contribution in [-0.2, 0) is 6.54 Å². The fourth-order valence-electron chi connectivity index (χ4n) is 2.80. The summed E-state index contributed by atoms with van der Waals surface area (Å²) >= 11 is 12.0. The van der Waals surface area contributed by atoms with Gasteiger partial charge in [-0.25, -0.2) is 0 Å². The summed E-state index contributed by atoms with van der Waals surface area (Å²) in [6, 6.07) is 9.65. The quantitative estimate of drug-likeness (QED) is 0.728. The Morgan fingerprint density at radius 1 is 1.17 bits per heavy atom. The van der Waals surface area contributed by atoms with Crippen molar-refractivity contribution in [2.45, 2.75) is 26.1 Å². The summed E-state index contributed by atoms with van der Waals surface area (Å²) in [4.78, 5) is 14.3. The van der Waals surface area contributed by atoms with Gasteiger partial charge in [-0.15, -0.1) is 0 Å². The van der Waals surface area contributed by atoms with Crippen LogP contribution < -0.4 is 4.74 Å². The average Bonchev–Trinajstić information content (AvgIpc) is 2.84. The molecule has 1 aliphatic heterocycles. The van der Waals surface area contributed by atoms with Crippen LogP contribution in [0.25, 0.3) is 0 Å². The summed E-state index contributed by atoms with van der Waals surface area (Å²) in [5.41, 5.74) is 1.82. The lowest BCUT2D eigenvalue weighted by Gasteiger charge is -2.24. The molecule has 2 aromatic rings. The number of ether oxygens (including phenoxy) is 1. The van der Waals surface area contributed by atoms with E-state index >= 15 is 0 Å². The van der Waals surface area contributed by atoms with E-state index in [0.29, 0.717) is 16.1 Å². The summed E-state index contributed by atoms with van der Waals surface area (Å²) in [6.45, 7) is -0.782. The third kappa shape index (κ3) is 3.19. The second-order valence-electron chi connectivity index (χ2n) is 5.48. The molecule has 3 nitrogen and oxygen atoms in total. The van der Waals surface area contributed by atoms with E-state index in [0.717, 1.165) is 5.56 Å². The Hall–Kier alpha value is -1.85. The minimum atomic E-state index is -2.94. The van der Waals surface area contributed by atoms with Crippen LogP contribution in [0.15, 0.2) is 36.4 Å². The first-order valence-electron chi connectivity index (χ1n) is 7.20. The number of fused-ring (bicyclic) bond motifs is 1. The number of carbonyl (C=O) groups excluding carboxylic acids is 1. The highest BCUT2D eigenvalue weighted by molar-refractivity contribution is 6.34. The van der Waals surface area contributed by atoms with Gasteiger partial charge in [-0.05, 0) is 42.3 Å². The highest BCUT2D eigenvalue weighted by Crippen LogP contribution is 2.37. The predicted octanol–water partition coefficient (Wildman–Crippen LogP) is 5.31. The van der Waals surface area contributed by atoms with Crippen molar-refractivity contribution >= 4 is 29.1 Å². The minimum Gasteiger partial charge on any atom is -0.435 e. The molecule has 0 fully saturated rings. The lowest BCUT2D eigenvalue weighted by atomic mass is 10.1. The van der Waals surface area contributed by atoms with Crippen LogP contribution in [0.1, 0.15) is 34.5 Å². The third-order valence-corrected chi connectivity index (χ3v) is 4.56. The van der Waals surface area contributed by atoms with Crippen molar-refractivity contribution in [2.75, 3.05) is 0 Å². The summed E-state index contributed by atoms with van der Waals surface area (Å²) in [5, 5.41) is 0.720. The Bertz CT molecular complexity index is 781. The van der Waals surface area contributed by atoms with Crippen molar-refractivity contribution in [1.29, 1.82) is 0 Å². The zero-order chi connectivity index (χ0) is 17.4. The summed E-state index contributed by atoms with van der Waals surface area (Å²) in [6.07, 6.45) is 0. The molecule has 0 radical (unpaired) electrons. The van der Waals surface area contributed by atoms with E-state index in [9.17, 15) is 13.6 Å². The van der Waals surface area contributed by atoms with Crippen LogP contribution in [0.5, 0.6) is 5.75 Å². The van der Waals surface area contributed by atoms with E-state index in [2.05, 4.69) is 4.74 Å². The zero-order valence-electron chi connectivity index (χ0n) is 12.6. The Labute approximate surface area is 147 Å². The van der Waals surface area contributed by atoms with Gasteiger partial charge in [-0.3, -0.25) is 4.79 Å². The smallest absolute Gasteiger partial charge is 0.387 e. The Morgan fingerprint density at radius 3 is 2.46 bits per heavy atom. The van der Waals surface area contributed by atoms with Gasteiger partial charge < -0.3 is 9.64 Å². The fourth-order valence-corrected chi connectivity index (χ4v) is 3.24. The maximum atomic E-state index is 12.7. The van der Waals surface area contributed by atoms with E-state index in [1.54, 1.807) is 17.0 Å². The van der Waals surface area contributed by atoms with Crippen LogP contribution >= 0.6 is 23.2 Å². The second-order valence-corrected chi connectivity index (χ2v) is 6.32. The van der Waals surface area contributed by atoms with Crippen molar-refractivity contribution in [3.63, 3.8) is 0 Å². The van der Waals surface area contributed by atoms with Crippen molar-refractivity contribution < 1.29 is 18.3 Å². The summed E-state index contributed by atoms with van der Waals surface area (Å²) < 4.78 is 29.2. The Kier molecular flexibility index (Phi) is 4.65. The molecular formula is C17H13Cl2F2NO2. The number of nitrogens with zero attached hydrogens (tertiary/aromatic N) is 1. The highest BCUT2D eigenvalue weighted by Gasteiger charge is 2.34. The van der Waals surface area contributed by atoms with Gasteiger partial charge in [-0.1, -0.05) is 35.3 Å². The molecule has 3 rings (SSSR count). The molecule has 2 aromatic carbocycles. The highest BCUT2D eigenvalue weighted by atomic mass is 35.5. The zero-order valence-corrected chi connectivity index (χ0v) is 14.1. The van der Waals surface area contributed by atoms with Gasteiger partial charge in [0.25, 0.3) is 5.91 Å². The van der Waals surface area contributed by atoms with Gasteiger partial charge in [0.05, 0.1) is 16.6 Å². The van der Waals surface area contributed by atoms with Gasteiger partial charge in [0.2, 0.25) is 0 Å². The maximum absolute atomic E-state index is 12.7. The van der Waals surface area contributed by atoms with E-state index in [-0.39, 0.29) is 29.3 Å². The third-order valence-electron chi connectivity index (χ3n) is 4.01. The lowest BCUT2D eigenvalue weighted by Crippen LogP contribution is -2.27. The molecule has 1 unspecified atom stereocenters. The molecule has 0 aromatic heterocycles. The molecule has 1 amide bonds. The van der Waals surface area contributed by atoms with Crippen LogP contribution in [0.4, 0.5) is 8.78 Å². The molecule has 0 spiro atoms. The van der Waals surface area contributed by atoms with Crippen molar-refractivity contribution in [3.05, 3.63) is 63.1 Å². The first-order valence-corrected chi connectivity index (χ1v) is 7.96. The number of hydrogen-bond donors (Lipinski definition) is 0. The second kappa shape index (κ2) is 6.57. The molecule has 0 bridgehead atoms. The van der Waals surface area contributed by atoms with Gasteiger partial charge in [0.1, 0.15) is 5.75 Å². The Morgan fingerprint density at radius 2 is 1.83 bits per heavy atom. The van der Waals surface area contributed by atoms with E-state index in [1.165, 1.54) is 12.1 Å². The molecule has 0 N–H and O–H groups in total. The molecule has 126 valence electrons. The van der Waals surface area contributed by atoms with Crippen molar-refractivity contribution in [3.8, 4) is 5.75 Å². The molecule has 0 saturated heterocycles. The first kappa shape index (κ1) is 17.0. The maximum Gasteiger partial charge on any atom is 0.387 e. The summed E-state index contributed by atoms with van der Waals surface area (Å²) in [5.74, 6) is -0.288. The molecular weight excluding hydrogens is 359 g/mol. The van der Waals surface area contributed by atoms with Crippen LogP contribution in [0, 0.1) is 0 Å². The van der Waals surface area contributed by atoms with Crippen LogP contribution in [0.3, 0.4) is 0 Å². The van der Waals surface area contributed by atoms with Crippen molar-refractivity contribution in [1.82, 2.24) is 4.90 Å². The SMILES string of the molecule is CC(c1ccc(Cl)cc1)N1Cc2cc(OC(F)F)cc(Cl)c2C1=O. The van der Waals surface area contributed by atoms with Gasteiger partial charge in [0, 0.05) is 11.6 Å². The molecule has 24 heavy (non-hydrogen) atoms. The van der Waals surface area contributed by atoms with Gasteiger partial charge in [0.15, 0.2) is 0 Å². The average molecular weight is 372 g/mol. The lowest BCUT2D eigenvalue weighted by molar-refractivity contribution is -0.0498. The standard InChI is InChI=1S/C17H13Cl2F2NO2/c1-9(10-2-4-12(18)5-3-10)22-8-11-6-13(24-17(20)21)7-14(19)15(11)16(22)23/h2-7,9,17H,8H2,1H3. The van der Waals surface area contributed by atoms with Crippen LogP contribution in [-0.4, -0.2) is 17.4 Å².